The Labute approximate surface area is 808 Å². The van der Waals surface area contributed by atoms with Crippen molar-refractivity contribution in [2.24, 2.45) is 0 Å². The van der Waals surface area contributed by atoms with E-state index in [4.69, 9.17) is 15.0 Å². The summed E-state index contributed by atoms with van der Waals surface area (Å²) >= 11 is 0. The normalized spacial score (nSPS) is 11.2. The maximum absolute atomic E-state index is 5.41. The van der Waals surface area contributed by atoms with Crippen LogP contribution in [0.15, 0.2) is 291 Å². The van der Waals surface area contributed by atoms with E-state index in [2.05, 4.69) is 304 Å². The average molecular weight is 1780 g/mol. The molecule has 0 amide bonds. The van der Waals surface area contributed by atoms with Gasteiger partial charge in [-0.1, -0.05) is 462 Å². The molecule has 0 saturated heterocycles. The molecule has 6 aliphatic rings. The molecular weight excluding hydrogens is 1630 g/mol. The van der Waals surface area contributed by atoms with E-state index in [1.165, 1.54) is 215 Å². The van der Waals surface area contributed by atoms with E-state index >= 15 is 0 Å². The second-order valence-electron chi connectivity index (χ2n) is 29.8. The fourth-order valence-electron chi connectivity index (χ4n) is 20.3. The van der Waals surface area contributed by atoms with E-state index in [9.17, 15) is 0 Å². The number of nitrogens with zero attached hydrogens (tertiary/aromatic N) is 6. The Kier molecular flexibility index (Phi) is 37.7. The first-order valence-corrected chi connectivity index (χ1v) is 52.0. The van der Waals surface area contributed by atoms with E-state index < -0.39 is 0 Å². The number of hydrogen-bond donors (Lipinski definition) is 0. The zero-order chi connectivity index (χ0) is 98.0. The van der Waals surface area contributed by atoms with Gasteiger partial charge in [0.05, 0.1) is 49.7 Å². The summed E-state index contributed by atoms with van der Waals surface area (Å²) in [4.78, 5) is 16.2. The molecular formula is C129H150N6. The lowest BCUT2D eigenvalue weighted by Crippen LogP contribution is -1.91. The minimum atomic E-state index is 0.950. The van der Waals surface area contributed by atoms with Crippen molar-refractivity contribution in [1.82, 2.24) is 28.2 Å². The summed E-state index contributed by atoms with van der Waals surface area (Å²) in [6.07, 6.45) is 5.96. The molecule has 6 heterocycles. The minimum Gasteiger partial charge on any atom is -0.292 e. The SMILES string of the molecule is CC.CC.CC.CC.CC.CC.CC.CC.CC.CC.CC.CC.CC.CC.CC.c1ccc2c(c1)Cc1c-2ccc2c1-c1c(ccc3c1nc1c4ccccc4c4ccccc4n31)C2.c1ccc2c(c1)Cc1c-2ccc2c1-c1ccc3c(nc4c5ccccc5c5ccccc5n34)c1C2.c1ccc2c(c1)Cc1ccc3c(c1-2)-c1c(ccc2c1nc1c4ccccc4c4ccccc4n21)C3. The fraction of sp³-hybridized carbons (Fsp3) is 0.279. The quantitative estimate of drug-likeness (QED) is 0.142. The maximum Gasteiger partial charge on any atom is 0.146 e. The highest BCUT2D eigenvalue weighted by Gasteiger charge is 2.35. The topological polar surface area (TPSA) is 51.9 Å². The Morgan fingerprint density at radius 3 is 0.793 bits per heavy atom. The van der Waals surface area contributed by atoms with Crippen LogP contribution in [0, 0.1) is 0 Å². The highest BCUT2D eigenvalue weighted by atomic mass is 15.0. The summed E-state index contributed by atoms with van der Waals surface area (Å²) in [7, 11) is 0. The van der Waals surface area contributed by atoms with Crippen molar-refractivity contribution in [3.63, 3.8) is 0 Å². The van der Waals surface area contributed by atoms with Crippen molar-refractivity contribution in [3.05, 3.63) is 358 Å². The van der Waals surface area contributed by atoms with Crippen LogP contribution in [0.2, 0.25) is 0 Å². The molecule has 21 aromatic rings. The maximum atomic E-state index is 5.41. The lowest BCUT2D eigenvalue weighted by atomic mass is 9.93. The molecule has 6 heteroatoms. The summed E-state index contributed by atoms with van der Waals surface area (Å²) in [6.45, 7) is 60.0. The van der Waals surface area contributed by atoms with Crippen LogP contribution in [0.5, 0.6) is 0 Å². The summed E-state index contributed by atoms with van der Waals surface area (Å²) < 4.78 is 7.13. The van der Waals surface area contributed by atoms with Gasteiger partial charge in [-0.3, -0.25) is 13.2 Å². The van der Waals surface area contributed by atoms with Gasteiger partial charge in [0.1, 0.15) is 16.9 Å². The van der Waals surface area contributed by atoms with Crippen LogP contribution < -0.4 is 0 Å². The molecule has 6 nitrogen and oxygen atoms in total. The Morgan fingerprint density at radius 2 is 0.393 bits per heavy atom. The van der Waals surface area contributed by atoms with Crippen LogP contribution in [0.3, 0.4) is 0 Å². The molecule has 0 aliphatic heterocycles. The van der Waals surface area contributed by atoms with Crippen molar-refractivity contribution in [2.45, 2.75) is 246 Å². The number of hydrogen-bond acceptors (Lipinski definition) is 3. The number of fused-ring (bicyclic) bond motifs is 48. The molecule has 0 spiro atoms. The second kappa shape index (κ2) is 49.1. The largest absolute Gasteiger partial charge is 0.292 e. The predicted octanol–water partition coefficient (Wildman–Crippen LogP) is 39.2. The van der Waals surface area contributed by atoms with Crippen LogP contribution in [0.25, 0.3) is 182 Å². The van der Waals surface area contributed by atoms with Gasteiger partial charge in [-0.25, -0.2) is 15.0 Å². The first-order chi connectivity index (χ1) is 67.1. The molecule has 0 radical (unpaired) electrons. The third-order valence-corrected chi connectivity index (χ3v) is 24.7. The number of para-hydroxylation sites is 3. The van der Waals surface area contributed by atoms with Gasteiger partial charge in [0, 0.05) is 49.9 Å². The highest BCUT2D eigenvalue weighted by Crippen LogP contribution is 2.55. The first-order valence-electron chi connectivity index (χ1n) is 52.0. The summed E-state index contributed by atoms with van der Waals surface area (Å²) in [5.74, 6) is 0. The smallest absolute Gasteiger partial charge is 0.146 e. The molecule has 0 atom stereocenters. The molecule has 696 valence electrons. The molecule has 0 fully saturated rings. The van der Waals surface area contributed by atoms with E-state index in [0.717, 1.165) is 72.0 Å². The Hall–Kier alpha value is -13.3. The predicted molar refractivity (Wildman–Crippen MR) is 603 cm³/mol. The molecule has 0 N–H and O–H groups in total. The second-order valence-corrected chi connectivity index (χ2v) is 29.8. The van der Waals surface area contributed by atoms with Gasteiger partial charge in [-0.2, -0.15) is 0 Å². The standard InChI is InChI=1S/3C33H20N2.15C2H6/c1-2-8-22-19(7-1)18-27-24(22)15-13-20-17-21-14-16-29-32(31(21)30(20)27)34-33-26-11-4-3-9-23(26)25-10-5-6-12-28(25)35(29)33;1-2-8-21-19(7-1)17-27-23(21)14-13-20-18-28-25(31(20)27)15-16-30-32(28)34-33-26-11-4-3-9-22(26)24-10-5-6-12-29(24)35(30)33;1-2-8-23-19(7-1)17-20-13-14-21-18-22-15-16-28-32(31(22)30(21)29(20)23)34-33-26-11-4-3-9-24(26)25-10-5-6-12-27(25)35(28)33;15*1-2/h3*1-16H,17-18H2;15*1-2H3. The van der Waals surface area contributed by atoms with Gasteiger partial charge in [-0.15, -0.1) is 0 Å². The van der Waals surface area contributed by atoms with Crippen LogP contribution in [0.4, 0.5) is 0 Å². The van der Waals surface area contributed by atoms with Gasteiger partial charge in [-0.05, 0) is 207 Å². The molecule has 135 heavy (non-hydrogen) atoms. The van der Waals surface area contributed by atoms with Crippen molar-refractivity contribution < 1.29 is 0 Å². The van der Waals surface area contributed by atoms with Crippen LogP contribution in [-0.2, 0) is 38.5 Å². The van der Waals surface area contributed by atoms with E-state index in [1.54, 1.807) is 0 Å². The molecule has 6 aromatic heterocycles. The molecule has 0 unspecified atom stereocenters. The summed E-state index contributed by atoms with van der Waals surface area (Å²) in [6, 6.07) is 107. The van der Waals surface area contributed by atoms with Crippen LogP contribution >= 0.6 is 0 Å². The van der Waals surface area contributed by atoms with Gasteiger partial charge >= 0.3 is 0 Å². The third kappa shape index (κ3) is 18.0. The van der Waals surface area contributed by atoms with Gasteiger partial charge in [0.2, 0.25) is 0 Å². The molecule has 0 bridgehead atoms. The van der Waals surface area contributed by atoms with Crippen LogP contribution in [-0.4, -0.2) is 28.2 Å². The Bertz CT molecular complexity index is 7610. The zero-order valence-electron chi connectivity index (χ0n) is 87.1. The van der Waals surface area contributed by atoms with Gasteiger partial charge in [0.15, 0.2) is 0 Å². The monoisotopic (exact) mass is 1780 g/mol. The van der Waals surface area contributed by atoms with Crippen molar-refractivity contribution in [1.29, 1.82) is 0 Å². The number of imidazole rings is 3. The van der Waals surface area contributed by atoms with E-state index in [-0.39, 0.29) is 0 Å². The van der Waals surface area contributed by atoms with Crippen molar-refractivity contribution >= 4 is 115 Å². The average Bonchev–Trinajstić information content (AvgIpc) is 1.54. The summed E-state index contributed by atoms with van der Waals surface area (Å²) in [5.41, 5.74) is 47.7. The van der Waals surface area contributed by atoms with Gasteiger partial charge < -0.3 is 0 Å². The van der Waals surface area contributed by atoms with Crippen molar-refractivity contribution in [2.75, 3.05) is 0 Å². The zero-order valence-corrected chi connectivity index (χ0v) is 87.1. The number of rotatable bonds is 0. The van der Waals surface area contributed by atoms with Gasteiger partial charge in [0.25, 0.3) is 0 Å². The van der Waals surface area contributed by atoms with Crippen LogP contribution in [0.1, 0.15) is 274 Å². The molecule has 0 saturated carbocycles. The Morgan fingerprint density at radius 1 is 0.148 bits per heavy atom. The lowest BCUT2D eigenvalue weighted by molar-refractivity contribution is 1.23. The highest BCUT2D eigenvalue weighted by molar-refractivity contribution is 6.19. The third-order valence-electron chi connectivity index (χ3n) is 24.7. The fourth-order valence-corrected chi connectivity index (χ4v) is 20.3. The lowest BCUT2D eigenvalue weighted by Gasteiger charge is -2.11. The van der Waals surface area contributed by atoms with E-state index in [1.807, 2.05) is 208 Å². The molecule has 27 rings (SSSR count). The molecule has 6 aliphatic carbocycles. The Balaban J connectivity index is 0.000000184. The number of benzene rings is 15. The molecule has 15 aromatic carbocycles. The van der Waals surface area contributed by atoms with Crippen molar-refractivity contribution in [3.8, 4) is 66.8 Å². The van der Waals surface area contributed by atoms with E-state index in [0.29, 0.717) is 0 Å². The number of pyridine rings is 3. The number of aromatic nitrogens is 6. The minimum absolute atomic E-state index is 0.950. The first kappa shape index (κ1) is 104. The summed E-state index contributed by atoms with van der Waals surface area (Å²) in [5, 5.41) is 11.2.